The van der Waals surface area contributed by atoms with E-state index in [-0.39, 0.29) is 17.3 Å². The number of nitrogens with zero attached hydrogens (tertiary/aromatic N) is 4. The van der Waals surface area contributed by atoms with E-state index in [1.54, 1.807) is 11.0 Å². The minimum atomic E-state index is -0.430. The number of hydrogen-bond donors (Lipinski definition) is 0. The van der Waals surface area contributed by atoms with Gasteiger partial charge in [-0.15, -0.1) is 10.2 Å². The molecule has 27 heavy (non-hydrogen) atoms. The van der Waals surface area contributed by atoms with Crippen molar-refractivity contribution in [3.8, 4) is 11.5 Å². The molecule has 0 saturated carbocycles. The van der Waals surface area contributed by atoms with Crippen molar-refractivity contribution >= 4 is 29.0 Å². The van der Waals surface area contributed by atoms with E-state index >= 15 is 0 Å². The number of anilines is 1. The smallest absolute Gasteiger partial charge is 0.277 e. The Bertz CT molecular complexity index is 1010. The minimum absolute atomic E-state index is 0.0386. The molecule has 1 aliphatic rings. The predicted molar refractivity (Wildman–Crippen MR) is 99.6 cm³/mol. The lowest BCUT2D eigenvalue weighted by molar-refractivity contribution is -0.384. The summed E-state index contributed by atoms with van der Waals surface area (Å²) < 4.78 is 5.59. The van der Waals surface area contributed by atoms with Crippen LogP contribution in [-0.2, 0) is 11.2 Å². The minimum Gasteiger partial charge on any atom is -0.411 e. The van der Waals surface area contributed by atoms with Gasteiger partial charge in [0, 0.05) is 29.9 Å². The summed E-state index contributed by atoms with van der Waals surface area (Å²) >= 11 is 1.17. The molecule has 3 aromatic rings. The van der Waals surface area contributed by atoms with Crippen LogP contribution >= 0.6 is 11.8 Å². The van der Waals surface area contributed by atoms with E-state index in [1.807, 2.05) is 30.3 Å². The van der Waals surface area contributed by atoms with Gasteiger partial charge < -0.3 is 9.32 Å². The zero-order chi connectivity index (χ0) is 18.8. The Hall–Kier alpha value is -3.20. The van der Waals surface area contributed by atoms with Crippen molar-refractivity contribution in [2.45, 2.75) is 11.6 Å². The van der Waals surface area contributed by atoms with E-state index in [1.165, 1.54) is 23.9 Å². The monoisotopic (exact) mass is 382 g/mol. The molecule has 0 fully saturated rings. The van der Waals surface area contributed by atoms with Gasteiger partial charge in [0.1, 0.15) is 0 Å². The van der Waals surface area contributed by atoms with Crippen molar-refractivity contribution in [1.29, 1.82) is 0 Å². The zero-order valence-corrected chi connectivity index (χ0v) is 14.9. The van der Waals surface area contributed by atoms with Gasteiger partial charge in [0.05, 0.1) is 10.7 Å². The van der Waals surface area contributed by atoms with Crippen molar-refractivity contribution < 1.29 is 14.1 Å². The van der Waals surface area contributed by atoms with Crippen LogP contribution in [0.4, 0.5) is 11.4 Å². The highest BCUT2D eigenvalue weighted by molar-refractivity contribution is 7.99. The Balaban J connectivity index is 1.41. The fourth-order valence-corrected chi connectivity index (χ4v) is 3.57. The Morgan fingerprint density at radius 1 is 1.22 bits per heavy atom. The maximum Gasteiger partial charge on any atom is 0.277 e. The van der Waals surface area contributed by atoms with E-state index in [0.717, 1.165) is 16.8 Å². The lowest BCUT2D eigenvalue weighted by atomic mass is 10.1. The molecule has 4 rings (SSSR count). The normalized spacial score (nSPS) is 12.8. The Labute approximate surface area is 158 Å². The van der Waals surface area contributed by atoms with Gasteiger partial charge >= 0.3 is 0 Å². The first-order valence-electron chi connectivity index (χ1n) is 8.21. The summed E-state index contributed by atoms with van der Waals surface area (Å²) in [5, 5.41) is 19.2. The topological polar surface area (TPSA) is 102 Å². The fraction of sp³-hybridized carbons (Fsp3) is 0.167. The summed E-state index contributed by atoms with van der Waals surface area (Å²) in [7, 11) is 0. The van der Waals surface area contributed by atoms with Crippen LogP contribution in [0.1, 0.15) is 5.56 Å². The number of non-ortho nitro benzene ring substituents is 1. The molecule has 8 nitrogen and oxygen atoms in total. The number of thioether (sulfide) groups is 1. The number of carbonyl (C=O) groups is 1. The highest BCUT2D eigenvalue weighted by Gasteiger charge is 2.26. The van der Waals surface area contributed by atoms with Crippen LogP contribution in [0.2, 0.25) is 0 Å². The molecule has 2 aromatic carbocycles. The molecule has 0 unspecified atom stereocenters. The number of nitro benzene ring substituents is 1. The van der Waals surface area contributed by atoms with Crippen LogP contribution in [0, 0.1) is 10.1 Å². The number of rotatable bonds is 5. The van der Waals surface area contributed by atoms with Crippen LogP contribution in [0.5, 0.6) is 0 Å². The lowest BCUT2D eigenvalue weighted by Crippen LogP contribution is -2.30. The van der Waals surface area contributed by atoms with Gasteiger partial charge in [-0.3, -0.25) is 14.9 Å². The first kappa shape index (κ1) is 17.2. The Kier molecular flexibility index (Phi) is 4.59. The van der Waals surface area contributed by atoms with Crippen molar-refractivity contribution in [3.63, 3.8) is 0 Å². The summed E-state index contributed by atoms with van der Waals surface area (Å²) in [6, 6.07) is 14.0. The summed E-state index contributed by atoms with van der Waals surface area (Å²) in [5.41, 5.74) is 2.39. The van der Waals surface area contributed by atoms with E-state index < -0.39 is 4.92 Å². The number of benzene rings is 2. The molecule has 0 N–H and O–H groups in total. The molecule has 2 heterocycles. The van der Waals surface area contributed by atoms with Gasteiger partial charge in [-0.25, -0.2) is 0 Å². The van der Waals surface area contributed by atoms with Gasteiger partial charge in [-0.05, 0) is 30.2 Å². The zero-order valence-electron chi connectivity index (χ0n) is 14.1. The van der Waals surface area contributed by atoms with E-state index in [4.69, 9.17) is 4.42 Å². The van der Waals surface area contributed by atoms with Crippen molar-refractivity contribution in [2.24, 2.45) is 0 Å². The predicted octanol–water partition coefficient (Wildman–Crippen LogP) is 3.33. The maximum absolute atomic E-state index is 12.6. The largest absolute Gasteiger partial charge is 0.411 e. The molecule has 0 radical (unpaired) electrons. The highest BCUT2D eigenvalue weighted by Crippen LogP contribution is 2.32. The summed E-state index contributed by atoms with van der Waals surface area (Å²) in [6.07, 6.45) is 0.603. The van der Waals surface area contributed by atoms with Gasteiger partial charge in [-0.1, -0.05) is 30.0 Å². The summed E-state index contributed by atoms with van der Waals surface area (Å²) in [6.45, 7) is 0.509. The highest BCUT2D eigenvalue weighted by atomic mass is 32.2. The summed E-state index contributed by atoms with van der Waals surface area (Å²) in [5.74, 6) is 0.448. The molecular weight excluding hydrogens is 368 g/mol. The van der Waals surface area contributed by atoms with Crippen LogP contribution in [0.25, 0.3) is 11.5 Å². The molecule has 0 spiro atoms. The van der Waals surface area contributed by atoms with Crippen molar-refractivity contribution in [3.05, 3.63) is 64.2 Å². The maximum atomic E-state index is 12.6. The summed E-state index contributed by atoms with van der Waals surface area (Å²) in [4.78, 5) is 24.6. The van der Waals surface area contributed by atoms with Crippen LogP contribution in [-0.4, -0.2) is 33.3 Å². The fourth-order valence-electron chi connectivity index (χ4n) is 2.93. The third-order valence-electron chi connectivity index (χ3n) is 4.22. The molecule has 1 amide bonds. The number of nitro groups is 1. The third-order valence-corrected chi connectivity index (χ3v) is 5.02. The second-order valence-electron chi connectivity index (χ2n) is 5.89. The number of amides is 1. The Morgan fingerprint density at radius 2 is 2.04 bits per heavy atom. The Morgan fingerprint density at radius 3 is 2.81 bits per heavy atom. The van der Waals surface area contributed by atoms with E-state index in [2.05, 4.69) is 10.2 Å². The van der Waals surface area contributed by atoms with Crippen LogP contribution < -0.4 is 4.90 Å². The average Bonchev–Trinajstić information content (AvgIpc) is 3.33. The number of aromatic nitrogens is 2. The number of carbonyl (C=O) groups excluding carboxylic acids is 1. The van der Waals surface area contributed by atoms with E-state index in [9.17, 15) is 14.9 Å². The third kappa shape index (κ3) is 3.54. The second kappa shape index (κ2) is 7.20. The second-order valence-corrected chi connectivity index (χ2v) is 6.82. The number of fused-ring (bicyclic) bond motifs is 1. The van der Waals surface area contributed by atoms with Crippen LogP contribution in [0.3, 0.4) is 0 Å². The van der Waals surface area contributed by atoms with Gasteiger partial charge in [0.2, 0.25) is 11.8 Å². The SMILES string of the molecule is O=C(CSc1nnc(-c2ccccc2)o1)N1CCc2cc([N+](=O)[O-])ccc21. The molecule has 0 saturated heterocycles. The molecule has 0 atom stereocenters. The quantitative estimate of drug-likeness (QED) is 0.379. The molecule has 0 bridgehead atoms. The first-order valence-corrected chi connectivity index (χ1v) is 9.20. The van der Waals surface area contributed by atoms with Crippen molar-refractivity contribution in [2.75, 3.05) is 17.2 Å². The molecular formula is C18H14N4O4S. The molecule has 0 aliphatic carbocycles. The molecule has 1 aliphatic heterocycles. The van der Waals surface area contributed by atoms with Crippen LogP contribution in [0.15, 0.2) is 58.2 Å². The lowest BCUT2D eigenvalue weighted by Gasteiger charge is -2.16. The van der Waals surface area contributed by atoms with E-state index in [0.29, 0.717) is 24.1 Å². The average molecular weight is 382 g/mol. The number of hydrogen-bond acceptors (Lipinski definition) is 7. The van der Waals surface area contributed by atoms with Crippen molar-refractivity contribution in [1.82, 2.24) is 10.2 Å². The molecule has 136 valence electrons. The molecule has 9 heteroatoms. The standard InChI is InChI=1S/C18H14N4O4S/c23-16(21-9-8-13-10-14(22(24)25)6-7-15(13)21)11-27-18-20-19-17(26-18)12-4-2-1-3-5-12/h1-7,10H,8-9,11H2. The van der Waals surface area contributed by atoms with Gasteiger partial charge in [0.15, 0.2) is 0 Å². The first-order chi connectivity index (χ1) is 13.1. The van der Waals surface area contributed by atoms with Gasteiger partial charge in [-0.2, -0.15) is 0 Å². The van der Waals surface area contributed by atoms with Gasteiger partial charge in [0.25, 0.3) is 10.9 Å². The molecule has 1 aromatic heterocycles.